The summed E-state index contributed by atoms with van der Waals surface area (Å²) < 4.78 is 0. The van der Waals surface area contributed by atoms with Crippen LogP contribution in [0.4, 0.5) is 4.79 Å². The molecular formula is C11H19N3O4. The number of primary amides is 1. The lowest BCUT2D eigenvalue weighted by molar-refractivity contribution is -0.137. The maximum Gasteiger partial charge on any atom is 0.318 e. The van der Waals surface area contributed by atoms with E-state index in [0.29, 0.717) is 0 Å². The van der Waals surface area contributed by atoms with Gasteiger partial charge >= 0.3 is 12.0 Å². The highest BCUT2D eigenvalue weighted by molar-refractivity contribution is 5.89. The summed E-state index contributed by atoms with van der Waals surface area (Å²) in [6.07, 6.45) is 1.62. The summed E-state index contributed by atoms with van der Waals surface area (Å²) in [5.41, 5.74) is 4.02. The summed E-state index contributed by atoms with van der Waals surface area (Å²) in [6, 6.07) is -0.365. The monoisotopic (exact) mass is 257 g/mol. The number of rotatable bonds is 6. The fraction of sp³-hybridized carbons (Fsp3) is 0.727. The van der Waals surface area contributed by atoms with Gasteiger partial charge < -0.3 is 21.1 Å². The number of hydrogen-bond acceptors (Lipinski definition) is 3. The van der Waals surface area contributed by atoms with Crippen LogP contribution >= 0.6 is 0 Å². The molecule has 1 aliphatic rings. The topological polar surface area (TPSA) is 113 Å². The molecular weight excluding hydrogens is 238 g/mol. The minimum absolute atomic E-state index is 0.0769. The lowest BCUT2D eigenvalue weighted by Gasteiger charge is -2.28. The van der Waals surface area contributed by atoms with Gasteiger partial charge in [-0.1, -0.05) is 0 Å². The molecule has 1 saturated carbocycles. The summed E-state index contributed by atoms with van der Waals surface area (Å²) in [4.78, 5) is 35.1. The number of nitrogens with one attached hydrogen (secondary N) is 1. The van der Waals surface area contributed by atoms with Crippen LogP contribution in [-0.2, 0) is 9.59 Å². The van der Waals surface area contributed by atoms with Crippen LogP contribution in [0.3, 0.4) is 0 Å². The molecule has 0 atom stereocenters. The molecule has 18 heavy (non-hydrogen) atoms. The molecule has 0 radical (unpaired) electrons. The molecule has 0 aliphatic heterocycles. The highest BCUT2D eigenvalue weighted by atomic mass is 16.4. The minimum atomic E-state index is -1.15. The largest absolute Gasteiger partial charge is 0.481 e. The summed E-state index contributed by atoms with van der Waals surface area (Å²) in [5, 5.41) is 11.2. The molecule has 0 saturated heterocycles. The van der Waals surface area contributed by atoms with E-state index in [4.69, 9.17) is 10.8 Å². The van der Waals surface area contributed by atoms with Crippen LogP contribution in [0, 0.1) is 0 Å². The van der Waals surface area contributed by atoms with Gasteiger partial charge in [0.1, 0.15) is 5.54 Å². The van der Waals surface area contributed by atoms with Gasteiger partial charge in [-0.3, -0.25) is 9.59 Å². The number of carboxylic acids is 1. The third-order valence-corrected chi connectivity index (χ3v) is 2.85. The van der Waals surface area contributed by atoms with Gasteiger partial charge in [-0.25, -0.2) is 4.79 Å². The lowest BCUT2D eigenvalue weighted by atomic mass is 10.1. The van der Waals surface area contributed by atoms with Crippen molar-refractivity contribution in [2.45, 2.75) is 44.7 Å². The number of amides is 3. The second-order valence-electron chi connectivity index (χ2n) is 4.99. The molecule has 0 bridgehead atoms. The third kappa shape index (κ3) is 3.90. The first-order valence-corrected chi connectivity index (χ1v) is 5.84. The van der Waals surface area contributed by atoms with Crippen molar-refractivity contribution in [3.05, 3.63) is 0 Å². The van der Waals surface area contributed by atoms with Crippen LogP contribution in [0.1, 0.15) is 33.1 Å². The molecule has 1 rings (SSSR count). The van der Waals surface area contributed by atoms with Gasteiger partial charge in [-0.2, -0.15) is 0 Å². The first-order valence-electron chi connectivity index (χ1n) is 5.84. The molecule has 1 aliphatic carbocycles. The molecule has 0 heterocycles. The fourth-order valence-electron chi connectivity index (χ4n) is 1.45. The molecule has 0 unspecified atom stereocenters. The van der Waals surface area contributed by atoms with E-state index in [9.17, 15) is 14.4 Å². The van der Waals surface area contributed by atoms with Crippen LogP contribution in [0.15, 0.2) is 0 Å². The Balaban J connectivity index is 2.60. The summed E-state index contributed by atoms with van der Waals surface area (Å²) in [5.74, 6) is -1.59. The van der Waals surface area contributed by atoms with E-state index in [1.165, 1.54) is 18.7 Å². The number of carboxylic acid groups (broad SMARTS) is 1. The number of carbonyl (C=O) groups excluding carboxylic acids is 2. The molecule has 1 fully saturated rings. The summed E-state index contributed by atoms with van der Waals surface area (Å²) >= 11 is 0. The predicted molar refractivity (Wildman–Crippen MR) is 63.8 cm³/mol. The minimum Gasteiger partial charge on any atom is -0.481 e. The maximum atomic E-state index is 12.0. The molecule has 4 N–H and O–H groups in total. The van der Waals surface area contributed by atoms with Crippen molar-refractivity contribution in [3.8, 4) is 0 Å². The average molecular weight is 257 g/mol. The normalized spacial score (nSPS) is 15.0. The highest BCUT2D eigenvalue weighted by Crippen LogP contribution is 2.27. The van der Waals surface area contributed by atoms with E-state index in [0.717, 1.165) is 12.8 Å². The van der Waals surface area contributed by atoms with Crippen LogP contribution in [0.5, 0.6) is 0 Å². The van der Waals surface area contributed by atoms with Gasteiger partial charge in [0.2, 0.25) is 5.91 Å². The van der Waals surface area contributed by atoms with Crippen LogP contribution in [0.25, 0.3) is 0 Å². The van der Waals surface area contributed by atoms with Crippen molar-refractivity contribution in [1.82, 2.24) is 10.2 Å². The third-order valence-electron chi connectivity index (χ3n) is 2.85. The number of nitrogens with two attached hydrogens (primary N) is 1. The standard InChI is InChI=1S/C11H19N3O4/c1-11(2,9(12)17)13-10(18)14(7-3-4-7)6-5-8(15)16/h7H,3-6H2,1-2H3,(H2,12,17)(H,13,18)(H,15,16). The van der Waals surface area contributed by atoms with E-state index in [1.54, 1.807) is 0 Å². The Bertz CT molecular complexity index is 363. The maximum absolute atomic E-state index is 12.0. The van der Waals surface area contributed by atoms with E-state index in [1.807, 2.05) is 0 Å². The van der Waals surface area contributed by atoms with Crippen molar-refractivity contribution >= 4 is 17.9 Å². The van der Waals surface area contributed by atoms with Crippen molar-refractivity contribution in [2.75, 3.05) is 6.54 Å². The van der Waals surface area contributed by atoms with Gasteiger partial charge in [-0.05, 0) is 26.7 Å². The molecule has 0 spiro atoms. The molecule has 3 amide bonds. The Labute approximate surface area is 105 Å². The highest BCUT2D eigenvalue weighted by Gasteiger charge is 2.36. The van der Waals surface area contributed by atoms with E-state index < -0.39 is 23.4 Å². The lowest BCUT2D eigenvalue weighted by Crippen LogP contribution is -2.57. The number of carbonyl (C=O) groups is 3. The van der Waals surface area contributed by atoms with E-state index in [-0.39, 0.29) is 19.0 Å². The van der Waals surface area contributed by atoms with Crippen LogP contribution < -0.4 is 11.1 Å². The number of urea groups is 1. The van der Waals surface area contributed by atoms with E-state index in [2.05, 4.69) is 5.32 Å². The van der Waals surface area contributed by atoms with Crippen molar-refractivity contribution in [3.63, 3.8) is 0 Å². The molecule has 7 heteroatoms. The van der Waals surface area contributed by atoms with Crippen molar-refractivity contribution < 1.29 is 19.5 Å². The predicted octanol–water partition coefficient (Wildman–Crippen LogP) is -0.101. The average Bonchev–Trinajstić information content (AvgIpc) is 3.00. The smallest absolute Gasteiger partial charge is 0.318 e. The summed E-state index contributed by atoms with van der Waals surface area (Å²) in [6.45, 7) is 3.16. The number of hydrogen-bond donors (Lipinski definition) is 3. The summed E-state index contributed by atoms with van der Waals surface area (Å²) in [7, 11) is 0. The van der Waals surface area contributed by atoms with Gasteiger partial charge in [0, 0.05) is 12.6 Å². The van der Waals surface area contributed by atoms with Gasteiger partial charge in [0.15, 0.2) is 0 Å². The van der Waals surface area contributed by atoms with Gasteiger partial charge in [0.05, 0.1) is 6.42 Å². The zero-order chi connectivity index (χ0) is 13.9. The first kappa shape index (κ1) is 14.3. The van der Waals surface area contributed by atoms with Gasteiger partial charge in [0.25, 0.3) is 0 Å². The Kier molecular flexibility index (Phi) is 4.15. The molecule has 7 nitrogen and oxygen atoms in total. The molecule has 0 aromatic carbocycles. The Morgan fingerprint density at radius 3 is 2.33 bits per heavy atom. The van der Waals surface area contributed by atoms with Crippen molar-refractivity contribution in [2.24, 2.45) is 5.73 Å². The zero-order valence-corrected chi connectivity index (χ0v) is 10.6. The fourth-order valence-corrected chi connectivity index (χ4v) is 1.45. The van der Waals surface area contributed by atoms with E-state index >= 15 is 0 Å². The van der Waals surface area contributed by atoms with Gasteiger partial charge in [-0.15, -0.1) is 0 Å². The van der Waals surface area contributed by atoms with Crippen LogP contribution in [0.2, 0.25) is 0 Å². The van der Waals surface area contributed by atoms with Crippen LogP contribution in [-0.4, -0.2) is 46.0 Å². The zero-order valence-electron chi connectivity index (χ0n) is 10.6. The second-order valence-corrected chi connectivity index (χ2v) is 4.99. The Hall–Kier alpha value is -1.79. The second kappa shape index (κ2) is 5.24. The quantitative estimate of drug-likeness (QED) is 0.616. The molecule has 0 aromatic rings. The molecule has 0 aromatic heterocycles. The molecule has 102 valence electrons. The Morgan fingerprint density at radius 2 is 1.94 bits per heavy atom. The SMILES string of the molecule is CC(C)(NC(=O)N(CCC(=O)O)C1CC1)C(N)=O. The Morgan fingerprint density at radius 1 is 1.39 bits per heavy atom. The number of aliphatic carboxylic acids is 1. The van der Waals surface area contributed by atoms with Crippen molar-refractivity contribution in [1.29, 1.82) is 0 Å². The number of nitrogens with zero attached hydrogens (tertiary/aromatic N) is 1. The first-order chi connectivity index (χ1) is 8.24.